The molecule has 1 aliphatic rings. The van der Waals surface area contributed by atoms with Gasteiger partial charge in [0.2, 0.25) is 5.75 Å². The summed E-state index contributed by atoms with van der Waals surface area (Å²) >= 11 is 5.61. The average molecular weight is 355 g/mol. The molecule has 1 saturated heterocycles. The summed E-state index contributed by atoms with van der Waals surface area (Å²) in [6, 6.07) is 2.92. The van der Waals surface area contributed by atoms with Gasteiger partial charge >= 0.3 is 6.03 Å². The number of imide groups is 1. The zero-order chi connectivity index (χ0) is 17.7. The minimum atomic E-state index is -0.455. The van der Waals surface area contributed by atoms with E-state index in [4.69, 9.17) is 25.8 Å². The van der Waals surface area contributed by atoms with Gasteiger partial charge in [0.05, 0.1) is 21.3 Å². The quantitative estimate of drug-likeness (QED) is 0.461. The molecule has 24 heavy (non-hydrogen) atoms. The Hall–Kier alpha value is -2.41. The molecule has 1 N–H and O–H groups in total. The maximum absolute atomic E-state index is 12.3. The Morgan fingerprint density at radius 3 is 2.25 bits per heavy atom. The van der Waals surface area contributed by atoms with Crippen molar-refractivity contribution in [3.8, 4) is 17.2 Å². The molecule has 1 aromatic carbocycles. The van der Waals surface area contributed by atoms with Crippen LogP contribution in [0.5, 0.6) is 17.2 Å². The van der Waals surface area contributed by atoms with E-state index in [0.29, 0.717) is 35.1 Å². The van der Waals surface area contributed by atoms with E-state index in [1.165, 1.54) is 21.3 Å². The van der Waals surface area contributed by atoms with Gasteiger partial charge in [-0.1, -0.05) is 0 Å². The molecular weight excluding hydrogens is 336 g/mol. The second kappa shape index (κ2) is 7.92. The molecule has 0 bridgehead atoms. The maximum Gasteiger partial charge on any atom is 0.329 e. The Bertz CT molecular complexity index is 649. The van der Waals surface area contributed by atoms with Gasteiger partial charge in [0, 0.05) is 12.4 Å². The number of nitrogens with zero attached hydrogens (tertiary/aromatic N) is 1. The lowest BCUT2D eigenvalue weighted by Gasteiger charge is -2.13. The molecule has 130 valence electrons. The van der Waals surface area contributed by atoms with Crippen molar-refractivity contribution in [3.05, 3.63) is 23.4 Å². The molecular formula is C16H19ClN2O5. The molecule has 1 aromatic rings. The first-order valence-electron chi connectivity index (χ1n) is 7.26. The van der Waals surface area contributed by atoms with Crippen molar-refractivity contribution in [2.75, 3.05) is 33.8 Å². The van der Waals surface area contributed by atoms with Crippen LogP contribution in [-0.2, 0) is 4.79 Å². The zero-order valence-corrected chi connectivity index (χ0v) is 14.5. The lowest BCUT2D eigenvalue weighted by Crippen LogP contribution is -2.31. The van der Waals surface area contributed by atoms with E-state index in [1.807, 2.05) is 0 Å². The highest BCUT2D eigenvalue weighted by Gasteiger charge is 2.33. The van der Waals surface area contributed by atoms with Crippen LogP contribution in [0.1, 0.15) is 12.0 Å². The first kappa shape index (κ1) is 17.9. The van der Waals surface area contributed by atoms with Gasteiger partial charge < -0.3 is 19.5 Å². The smallest absolute Gasteiger partial charge is 0.329 e. The van der Waals surface area contributed by atoms with E-state index in [1.54, 1.807) is 18.2 Å². The molecule has 0 radical (unpaired) electrons. The molecule has 1 aliphatic heterocycles. The number of hydrogen-bond acceptors (Lipinski definition) is 5. The summed E-state index contributed by atoms with van der Waals surface area (Å²) in [5.41, 5.74) is 0.816. The van der Waals surface area contributed by atoms with Crippen LogP contribution < -0.4 is 19.5 Å². The highest BCUT2D eigenvalue weighted by Crippen LogP contribution is 2.38. The van der Waals surface area contributed by atoms with Gasteiger partial charge in [-0.05, 0) is 30.2 Å². The van der Waals surface area contributed by atoms with Crippen LogP contribution >= 0.6 is 11.6 Å². The molecule has 0 atom stereocenters. The van der Waals surface area contributed by atoms with Crippen molar-refractivity contribution < 1.29 is 23.8 Å². The predicted molar refractivity (Wildman–Crippen MR) is 89.7 cm³/mol. The summed E-state index contributed by atoms with van der Waals surface area (Å²) in [5, 5.41) is 2.56. The number of rotatable bonds is 7. The fourth-order valence-electron chi connectivity index (χ4n) is 2.34. The third-order valence-electron chi connectivity index (χ3n) is 3.48. The van der Waals surface area contributed by atoms with Crippen molar-refractivity contribution in [1.82, 2.24) is 10.2 Å². The summed E-state index contributed by atoms with van der Waals surface area (Å²) in [4.78, 5) is 25.3. The normalized spacial score (nSPS) is 15.7. The number of halogens is 1. The molecule has 0 unspecified atom stereocenters. The Morgan fingerprint density at radius 1 is 1.12 bits per heavy atom. The molecule has 0 aliphatic carbocycles. The molecule has 3 amide bonds. The number of nitrogens with one attached hydrogen (secondary N) is 1. The van der Waals surface area contributed by atoms with E-state index in [0.717, 1.165) is 4.90 Å². The molecule has 8 heteroatoms. The Kier molecular flexibility index (Phi) is 5.92. The number of alkyl halides is 1. The van der Waals surface area contributed by atoms with E-state index >= 15 is 0 Å². The lowest BCUT2D eigenvalue weighted by molar-refractivity contribution is -0.122. The number of hydrogen-bond donors (Lipinski definition) is 1. The molecule has 0 spiro atoms. The van der Waals surface area contributed by atoms with Crippen LogP contribution in [-0.4, -0.2) is 50.6 Å². The highest BCUT2D eigenvalue weighted by atomic mass is 35.5. The van der Waals surface area contributed by atoms with Crippen LogP contribution in [0.15, 0.2) is 17.8 Å². The third-order valence-corrected chi connectivity index (χ3v) is 3.74. The van der Waals surface area contributed by atoms with Crippen molar-refractivity contribution in [3.63, 3.8) is 0 Å². The number of carbonyl (C=O) groups excluding carboxylic acids is 2. The number of carbonyl (C=O) groups is 2. The fourth-order valence-corrected chi connectivity index (χ4v) is 2.46. The fraction of sp³-hybridized carbons (Fsp3) is 0.375. The lowest BCUT2D eigenvalue weighted by atomic mass is 10.1. The summed E-state index contributed by atoms with van der Waals surface area (Å²) in [6.45, 7) is 0.279. The first-order chi connectivity index (χ1) is 11.5. The van der Waals surface area contributed by atoms with Crippen LogP contribution in [0, 0.1) is 0 Å². The maximum atomic E-state index is 12.3. The summed E-state index contributed by atoms with van der Waals surface area (Å²) in [7, 11) is 4.52. The van der Waals surface area contributed by atoms with Gasteiger partial charge in [-0.15, -0.1) is 11.6 Å². The number of urea groups is 1. The molecule has 1 fully saturated rings. The number of methoxy groups -OCH3 is 3. The number of amides is 3. The number of ether oxygens (including phenoxy) is 3. The average Bonchev–Trinajstić information content (AvgIpc) is 2.85. The van der Waals surface area contributed by atoms with Crippen molar-refractivity contribution in [1.29, 1.82) is 0 Å². The predicted octanol–water partition coefficient (Wildman–Crippen LogP) is 2.23. The van der Waals surface area contributed by atoms with Crippen LogP contribution in [0.4, 0.5) is 4.79 Å². The van der Waals surface area contributed by atoms with E-state index in [9.17, 15) is 9.59 Å². The van der Waals surface area contributed by atoms with Gasteiger partial charge in [-0.2, -0.15) is 0 Å². The largest absolute Gasteiger partial charge is 0.493 e. The second-order valence-electron chi connectivity index (χ2n) is 4.95. The highest BCUT2D eigenvalue weighted by molar-refractivity contribution is 6.18. The van der Waals surface area contributed by atoms with Gasteiger partial charge in [-0.25, -0.2) is 4.79 Å². The van der Waals surface area contributed by atoms with Gasteiger partial charge in [0.1, 0.15) is 5.70 Å². The van der Waals surface area contributed by atoms with E-state index in [-0.39, 0.29) is 18.1 Å². The Labute approximate surface area is 145 Å². The molecule has 0 aromatic heterocycles. The Balaban J connectivity index is 2.34. The topological polar surface area (TPSA) is 77.1 Å². The third kappa shape index (κ3) is 3.56. The van der Waals surface area contributed by atoms with Crippen LogP contribution in [0.25, 0.3) is 6.08 Å². The van der Waals surface area contributed by atoms with Crippen LogP contribution in [0.2, 0.25) is 0 Å². The van der Waals surface area contributed by atoms with Crippen LogP contribution in [0.3, 0.4) is 0 Å². The van der Waals surface area contributed by atoms with Gasteiger partial charge in [-0.3, -0.25) is 9.69 Å². The first-order valence-corrected chi connectivity index (χ1v) is 7.79. The summed E-state index contributed by atoms with van der Waals surface area (Å²) in [5.74, 6) is 1.36. The monoisotopic (exact) mass is 354 g/mol. The standard InChI is InChI=1S/C16H19ClN2O5/c1-22-12-8-10(9-13(23-2)14(12)24-3)7-11-15(20)19(6-4-5-17)16(21)18-11/h7-9H,4-6H2,1-3H3,(H,18,21)/b11-7+. The SMILES string of the molecule is COc1cc(/C=C2/NC(=O)N(CCCCl)C2=O)cc(OC)c1OC. The van der Waals surface area contributed by atoms with Crippen molar-refractivity contribution >= 4 is 29.6 Å². The number of benzene rings is 1. The van der Waals surface area contributed by atoms with Crippen molar-refractivity contribution in [2.24, 2.45) is 0 Å². The molecule has 2 rings (SSSR count). The second-order valence-corrected chi connectivity index (χ2v) is 5.32. The molecule has 0 saturated carbocycles. The van der Waals surface area contributed by atoms with Gasteiger partial charge in [0.25, 0.3) is 5.91 Å². The zero-order valence-electron chi connectivity index (χ0n) is 13.7. The Morgan fingerprint density at radius 2 is 1.75 bits per heavy atom. The minimum Gasteiger partial charge on any atom is -0.493 e. The van der Waals surface area contributed by atoms with E-state index < -0.39 is 6.03 Å². The summed E-state index contributed by atoms with van der Waals surface area (Å²) < 4.78 is 15.8. The van der Waals surface area contributed by atoms with Gasteiger partial charge in [0.15, 0.2) is 11.5 Å². The minimum absolute atomic E-state index is 0.184. The molecule has 1 heterocycles. The van der Waals surface area contributed by atoms with E-state index in [2.05, 4.69) is 5.32 Å². The van der Waals surface area contributed by atoms with Crippen molar-refractivity contribution in [2.45, 2.75) is 6.42 Å². The molecule has 7 nitrogen and oxygen atoms in total. The summed E-state index contributed by atoms with van der Waals surface area (Å²) in [6.07, 6.45) is 2.10.